The number of amides is 1. The number of hydrogen-bond donors (Lipinski definition) is 1. The molecule has 4 nitrogen and oxygen atoms in total. The first kappa shape index (κ1) is 19.9. The topological polar surface area (TPSA) is 55.1 Å². The molecule has 0 atom stereocenters. The van der Waals surface area contributed by atoms with Crippen LogP contribution in [0.1, 0.15) is 63.0 Å². The molecule has 1 aromatic heterocycles. The Morgan fingerprint density at radius 2 is 1.71 bits per heavy atom. The van der Waals surface area contributed by atoms with Crippen LogP contribution in [0.4, 0.5) is 5.69 Å². The summed E-state index contributed by atoms with van der Waals surface area (Å²) in [6.07, 6.45) is 2.53. The monoisotopic (exact) mass is 376 g/mol. The highest BCUT2D eigenvalue weighted by atomic mass is 16.4. The molecule has 2 aromatic carbocycles. The summed E-state index contributed by atoms with van der Waals surface area (Å²) in [5, 5.41) is 3.01. The Labute approximate surface area is 167 Å². The molecule has 4 heteroatoms. The molecule has 0 saturated carbocycles. The van der Waals surface area contributed by atoms with Crippen LogP contribution in [0.5, 0.6) is 0 Å². The third-order valence-electron chi connectivity index (χ3n) is 4.84. The van der Waals surface area contributed by atoms with Gasteiger partial charge in [0.2, 0.25) is 5.91 Å². The maximum Gasteiger partial charge on any atom is 0.224 e. The van der Waals surface area contributed by atoms with Gasteiger partial charge in [0.05, 0.1) is 6.20 Å². The number of nitrogens with zero attached hydrogens (tertiary/aromatic N) is 1. The molecule has 0 aliphatic carbocycles. The highest BCUT2D eigenvalue weighted by Gasteiger charge is 2.12. The number of carbonyl (C=O) groups is 1. The molecule has 0 unspecified atom stereocenters. The second kappa shape index (κ2) is 8.87. The van der Waals surface area contributed by atoms with Crippen LogP contribution < -0.4 is 5.32 Å². The molecule has 0 aliphatic rings. The largest absolute Gasteiger partial charge is 0.441 e. The molecule has 1 amide bonds. The van der Waals surface area contributed by atoms with Crippen molar-refractivity contribution in [3.63, 3.8) is 0 Å². The van der Waals surface area contributed by atoms with E-state index < -0.39 is 0 Å². The van der Waals surface area contributed by atoms with Crippen molar-refractivity contribution in [3.05, 3.63) is 71.7 Å². The molecule has 0 fully saturated rings. The number of hydrogen-bond acceptors (Lipinski definition) is 3. The van der Waals surface area contributed by atoms with Crippen molar-refractivity contribution in [1.29, 1.82) is 0 Å². The highest BCUT2D eigenvalue weighted by molar-refractivity contribution is 5.91. The van der Waals surface area contributed by atoms with Gasteiger partial charge in [0, 0.05) is 24.1 Å². The molecular weight excluding hydrogens is 348 g/mol. The van der Waals surface area contributed by atoms with Crippen molar-refractivity contribution in [3.8, 4) is 11.3 Å². The third-order valence-corrected chi connectivity index (χ3v) is 4.84. The zero-order valence-corrected chi connectivity index (χ0v) is 17.0. The lowest BCUT2D eigenvalue weighted by Crippen LogP contribution is -2.14. The molecule has 28 heavy (non-hydrogen) atoms. The second-order valence-corrected chi connectivity index (χ2v) is 7.69. The van der Waals surface area contributed by atoms with E-state index in [0.29, 0.717) is 30.6 Å². The van der Waals surface area contributed by atoms with Gasteiger partial charge in [-0.3, -0.25) is 4.79 Å². The van der Waals surface area contributed by atoms with Crippen molar-refractivity contribution in [2.24, 2.45) is 0 Å². The van der Waals surface area contributed by atoms with Gasteiger partial charge in [0.15, 0.2) is 11.7 Å². The average Bonchev–Trinajstić information content (AvgIpc) is 3.16. The summed E-state index contributed by atoms with van der Waals surface area (Å²) in [5.41, 5.74) is 4.31. The van der Waals surface area contributed by atoms with Crippen LogP contribution in [0.2, 0.25) is 0 Å². The van der Waals surface area contributed by atoms with Crippen LogP contribution in [-0.4, -0.2) is 10.9 Å². The molecule has 1 N–H and O–H groups in total. The van der Waals surface area contributed by atoms with Crippen LogP contribution in [0.25, 0.3) is 11.3 Å². The van der Waals surface area contributed by atoms with Crippen LogP contribution in [-0.2, 0) is 11.2 Å². The molecular formula is C24H28N2O2. The van der Waals surface area contributed by atoms with Crippen molar-refractivity contribution < 1.29 is 9.21 Å². The lowest BCUT2D eigenvalue weighted by molar-refractivity contribution is -0.116. The standard InChI is InChI=1S/C24H28N2O2/c1-16(2)18-9-11-19(12-10-18)22-15-25-24(28-22)14-13-23(27)26-21-8-6-5-7-20(21)17(3)4/h5-12,15-17H,13-14H2,1-4H3,(H,26,27). The van der Waals surface area contributed by atoms with E-state index in [4.69, 9.17) is 4.42 Å². The van der Waals surface area contributed by atoms with Crippen LogP contribution in [0.15, 0.2) is 59.1 Å². The summed E-state index contributed by atoms with van der Waals surface area (Å²) >= 11 is 0. The number of oxazole rings is 1. The van der Waals surface area contributed by atoms with Gasteiger partial charge in [0.25, 0.3) is 0 Å². The summed E-state index contributed by atoms with van der Waals surface area (Å²) < 4.78 is 5.84. The van der Waals surface area contributed by atoms with E-state index in [1.165, 1.54) is 5.56 Å². The van der Waals surface area contributed by atoms with E-state index >= 15 is 0 Å². The summed E-state index contributed by atoms with van der Waals surface area (Å²) in [7, 11) is 0. The lowest BCUT2D eigenvalue weighted by atomic mass is 10.0. The Balaban J connectivity index is 1.59. The summed E-state index contributed by atoms with van der Waals surface area (Å²) in [6, 6.07) is 16.2. The fourth-order valence-corrected chi connectivity index (χ4v) is 3.14. The molecule has 0 spiro atoms. The van der Waals surface area contributed by atoms with E-state index in [-0.39, 0.29) is 5.91 Å². The van der Waals surface area contributed by atoms with E-state index in [1.807, 2.05) is 24.3 Å². The number of aromatic nitrogens is 1. The van der Waals surface area contributed by atoms with E-state index in [1.54, 1.807) is 6.20 Å². The number of nitrogens with one attached hydrogen (secondary N) is 1. The van der Waals surface area contributed by atoms with E-state index in [9.17, 15) is 4.79 Å². The lowest BCUT2D eigenvalue weighted by Gasteiger charge is -2.13. The first-order valence-corrected chi connectivity index (χ1v) is 9.88. The molecule has 0 saturated heterocycles. The van der Waals surface area contributed by atoms with Gasteiger partial charge < -0.3 is 9.73 Å². The Morgan fingerprint density at radius 1 is 1.00 bits per heavy atom. The SMILES string of the molecule is CC(C)c1ccc(-c2cnc(CCC(=O)Nc3ccccc3C(C)C)o2)cc1. The average molecular weight is 377 g/mol. The quantitative estimate of drug-likeness (QED) is 0.537. The molecule has 0 bridgehead atoms. The third kappa shape index (κ3) is 4.89. The molecule has 3 rings (SSSR count). The second-order valence-electron chi connectivity index (χ2n) is 7.69. The van der Waals surface area contributed by atoms with Crippen molar-refractivity contribution >= 4 is 11.6 Å². The number of anilines is 1. The summed E-state index contributed by atoms with van der Waals surface area (Å²) in [5.74, 6) is 2.13. The van der Waals surface area contributed by atoms with Gasteiger partial charge in [-0.05, 0) is 29.0 Å². The highest BCUT2D eigenvalue weighted by Crippen LogP contribution is 2.25. The summed E-state index contributed by atoms with van der Waals surface area (Å²) in [4.78, 5) is 16.7. The first-order valence-electron chi connectivity index (χ1n) is 9.88. The number of para-hydroxylation sites is 1. The number of rotatable bonds is 7. The minimum atomic E-state index is -0.0332. The fraction of sp³-hybridized carbons (Fsp3) is 0.333. The van der Waals surface area contributed by atoms with Crippen molar-refractivity contribution in [1.82, 2.24) is 4.98 Å². The number of carbonyl (C=O) groups excluding carboxylic acids is 1. The van der Waals surface area contributed by atoms with E-state index in [2.05, 4.69) is 62.3 Å². The maximum atomic E-state index is 12.4. The summed E-state index contributed by atoms with van der Waals surface area (Å²) in [6.45, 7) is 8.58. The van der Waals surface area contributed by atoms with Crippen LogP contribution in [0.3, 0.4) is 0 Å². The van der Waals surface area contributed by atoms with Gasteiger partial charge in [-0.15, -0.1) is 0 Å². The van der Waals surface area contributed by atoms with Gasteiger partial charge in [-0.2, -0.15) is 0 Å². The zero-order valence-electron chi connectivity index (χ0n) is 17.0. The molecule has 0 aliphatic heterocycles. The Kier molecular flexibility index (Phi) is 6.30. The number of benzene rings is 2. The van der Waals surface area contributed by atoms with Crippen LogP contribution >= 0.6 is 0 Å². The zero-order chi connectivity index (χ0) is 20.1. The minimum absolute atomic E-state index is 0.0332. The minimum Gasteiger partial charge on any atom is -0.441 e. The van der Waals surface area contributed by atoms with Crippen molar-refractivity contribution in [2.75, 3.05) is 5.32 Å². The van der Waals surface area contributed by atoms with Gasteiger partial charge in [-0.25, -0.2) is 4.98 Å². The predicted octanol–water partition coefficient (Wildman–Crippen LogP) is 6.16. The van der Waals surface area contributed by atoms with Gasteiger partial charge >= 0.3 is 0 Å². The van der Waals surface area contributed by atoms with Crippen LogP contribution in [0, 0.1) is 0 Å². The molecule has 0 radical (unpaired) electrons. The Morgan fingerprint density at radius 3 is 2.39 bits per heavy atom. The fourth-order valence-electron chi connectivity index (χ4n) is 3.14. The first-order chi connectivity index (χ1) is 13.4. The molecule has 146 valence electrons. The predicted molar refractivity (Wildman–Crippen MR) is 114 cm³/mol. The van der Waals surface area contributed by atoms with E-state index in [0.717, 1.165) is 22.6 Å². The normalized spacial score (nSPS) is 11.2. The van der Waals surface area contributed by atoms with Gasteiger partial charge in [-0.1, -0.05) is 70.2 Å². The maximum absolute atomic E-state index is 12.4. The molecule has 1 heterocycles. The number of aryl methyl sites for hydroxylation is 1. The van der Waals surface area contributed by atoms with Crippen molar-refractivity contribution in [2.45, 2.75) is 52.4 Å². The van der Waals surface area contributed by atoms with Gasteiger partial charge in [0.1, 0.15) is 0 Å². The smallest absolute Gasteiger partial charge is 0.224 e. The molecule has 3 aromatic rings. The Bertz CT molecular complexity index is 924. The Hall–Kier alpha value is -2.88.